The van der Waals surface area contributed by atoms with Gasteiger partial charge in [-0.25, -0.2) is 17.4 Å². The zero-order valence-electron chi connectivity index (χ0n) is 25.8. The minimum atomic E-state index is -3.76. The van der Waals surface area contributed by atoms with Crippen molar-refractivity contribution in [2.45, 2.75) is 76.9 Å². The van der Waals surface area contributed by atoms with Crippen LogP contribution in [-0.4, -0.2) is 46.0 Å². The number of fused-ring (bicyclic) bond motifs is 1. The van der Waals surface area contributed by atoms with Gasteiger partial charge in [-0.05, 0) is 113 Å². The normalized spacial score (nSPS) is 16.3. The number of nitrogens with one attached hydrogen (secondary N) is 1. The number of ketones is 1. The minimum absolute atomic E-state index is 0.120. The van der Waals surface area contributed by atoms with E-state index in [1.165, 1.54) is 10.4 Å². The van der Waals surface area contributed by atoms with Gasteiger partial charge in [-0.3, -0.25) is 9.59 Å². The van der Waals surface area contributed by atoms with Crippen LogP contribution >= 0.6 is 0 Å². The highest BCUT2D eigenvalue weighted by atomic mass is 32.2. The first-order chi connectivity index (χ1) is 21.0. The number of pyridine rings is 2. The number of hydrogen-bond donors (Lipinski definition) is 1. The largest absolute Gasteiger partial charge is 0.357 e. The van der Waals surface area contributed by atoms with Gasteiger partial charge in [-0.2, -0.15) is 0 Å². The number of rotatable bonds is 10. The van der Waals surface area contributed by atoms with Crippen LogP contribution in [0.2, 0.25) is 0 Å². The summed E-state index contributed by atoms with van der Waals surface area (Å²) in [7, 11) is -3.76. The second kappa shape index (κ2) is 11.5. The third kappa shape index (κ3) is 5.31. The van der Waals surface area contributed by atoms with Gasteiger partial charge in [0.15, 0.2) is 5.78 Å². The van der Waals surface area contributed by atoms with Gasteiger partial charge in [-0.1, -0.05) is 6.08 Å². The Kier molecular flexibility index (Phi) is 7.86. The molecule has 1 aromatic carbocycles. The first-order valence-corrected chi connectivity index (χ1v) is 16.9. The SMILES string of the molecule is C=CCC1(S(=O)(=O)n2cc(C)c3c(C(=O)CCc4c(C)cc(C)[nH]c4=O)cc(-c4ccc(N5CCCCC5)nc4)cc32)CC1. The molecule has 3 aromatic heterocycles. The number of aromatic amines is 1. The van der Waals surface area contributed by atoms with Gasteiger partial charge in [0.25, 0.3) is 5.56 Å². The quantitative estimate of drug-likeness (QED) is 0.164. The molecule has 0 amide bonds. The van der Waals surface area contributed by atoms with Gasteiger partial charge >= 0.3 is 0 Å². The van der Waals surface area contributed by atoms with Crippen molar-refractivity contribution < 1.29 is 13.2 Å². The average Bonchev–Trinajstić information content (AvgIpc) is 3.73. The lowest BCUT2D eigenvalue weighted by atomic mass is 9.94. The zero-order valence-corrected chi connectivity index (χ0v) is 26.6. The summed E-state index contributed by atoms with van der Waals surface area (Å²) in [5.74, 6) is 0.783. The lowest BCUT2D eigenvalue weighted by Gasteiger charge is -2.27. The van der Waals surface area contributed by atoms with Crippen LogP contribution in [0.1, 0.15) is 77.7 Å². The van der Waals surface area contributed by atoms with E-state index >= 15 is 0 Å². The number of hydrogen-bond acceptors (Lipinski definition) is 6. The molecule has 0 spiro atoms. The van der Waals surface area contributed by atoms with E-state index in [2.05, 4.69) is 16.5 Å². The predicted octanol–water partition coefficient (Wildman–Crippen LogP) is 6.41. The molecule has 230 valence electrons. The molecule has 2 aliphatic rings. The fourth-order valence-corrected chi connectivity index (χ4v) is 8.78. The standard InChI is InChI=1S/C35H40N4O4S/c1-5-13-35(14-15-35)44(42,43)39-22-24(3)33-29(31(40)11-10-28-23(2)18-25(4)37-34(28)41)19-27(20-30(33)39)26-9-12-32(36-21-26)38-16-7-6-8-17-38/h5,9,12,18-22H,1,6-8,10-11,13-17H2,2-4H3,(H,37,41). The molecular formula is C35H40N4O4S. The van der Waals surface area contributed by atoms with E-state index in [1.807, 2.05) is 57.3 Å². The maximum Gasteiger partial charge on any atom is 0.251 e. The van der Waals surface area contributed by atoms with Crippen molar-refractivity contribution in [3.05, 3.63) is 93.7 Å². The van der Waals surface area contributed by atoms with Gasteiger partial charge in [0, 0.05) is 59.7 Å². The minimum Gasteiger partial charge on any atom is -0.357 e. The maximum absolute atomic E-state index is 14.1. The maximum atomic E-state index is 14.1. The highest BCUT2D eigenvalue weighted by Crippen LogP contribution is 2.49. The highest BCUT2D eigenvalue weighted by Gasteiger charge is 2.54. The summed E-state index contributed by atoms with van der Waals surface area (Å²) in [6, 6.07) is 9.63. The third-order valence-electron chi connectivity index (χ3n) is 9.35. The van der Waals surface area contributed by atoms with E-state index in [1.54, 1.807) is 12.3 Å². The van der Waals surface area contributed by atoms with Crippen LogP contribution in [0, 0.1) is 20.8 Å². The molecule has 0 unspecified atom stereocenters. The van der Waals surface area contributed by atoms with Crippen LogP contribution in [0.15, 0.2) is 60.2 Å². The molecule has 8 nitrogen and oxygen atoms in total. The monoisotopic (exact) mass is 612 g/mol. The molecule has 0 bridgehead atoms. The van der Waals surface area contributed by atoms with Crippen molar-refractivity contribution >= 4 is 32.5 Å². The summed E-state index contributed by atoms with van der Waals surface area (Å²) in [5.41, 5.74) is 5.24. The number of carbonyl (C=O) groups excluding carboxylic acids is 1. The summed E-state index contributed by atoms with van der Waals surface area (Å²) in [6.45, 7) is 11.3. The number of benzene rings is 1. The van der Waals surface area contributed by atoms with Crippen molar-refractivity contribution in [3.8, 4) is 11.1 Å². The van der Waals surface area contributed by atoms with Crippen LogP contribution in [-0.2, 0) is 16.4 Å². The number of H-pyrrole nitrogens is 1. The van der Waals surface area contributed by atoms with E-state index in [0.717, 1.165) is 59.7 Å². The number of aromatic nitrogens is 3. The number of allylic oxidation sites excluding steroid dienone is 1. The fourth-order valence-electron chi connectivity index (χ4n) is 6.72. The Balaban J connectivity index is 1.45. The number of carbonyl (C=O) groups is 1. The molecule has 4 aromatic rings. The molecule has 4 heterocycles. The Labute approximate surface area is 258 Å². The number of piperidine rings is 1. The van der Waals surface area contributed by atoms with Crippen molar-refractivity contribution in [3.63, 3.8) is 0 Å². The molecule has 1 saturated carbocycles. The van der Waals surface area contributed by atoms with E-state index < -0.39 is 14.8 Å². The van der Waals surface area contributed by atoms with Gasteiger partial charge in [0.05, 0.1) is 10.3 Å². The fraction of sp³-hybridized carbons (Fsp3) is 0.400. The number of aryl methyl sites for hydroxylation is 3. The molecule has 0 radical (unpaired) electrons. The van der Waals surface area contributed by atoms with Crippen LogP contribution < -0.4 is 10.5 Å². The van der Waals surface area contributed by atoms with Gasteiger partial charge in [-0.15, -0.1) is 6.58 Å². The lowest BCUT2D eigenvalue weighted by Crippen LogP contribution is -2.29. The van der Waals surface area contributed by atoms with E-state index in [-0.39, 0.29) is 17.8 Å². The van der Waals surface area contributed by atoms with Gasteiger partial charge in [0.1, 0.15) is 5.82 Å². The van der Waals surface area contributed by atoms with Gasteiger partial charge in [0.2, 0.25) is 10.0 Å². The second-order valence-corrected chi connectivity index (χ2v) is 14.7. The van der Waals surface area contributed by atoms with Crippen LogP contribution in [0.3, 0.4) is 0 Å². The molecule has 1 aliphatic heterocycles. The third-order valence-corrected chi connectivity index (χ3v) is 11.8. The van der Waals surface area contributed by atoms with Gasteiger partial charge < -0.3 is 9.88 Å². The molecule has 44 heavy (non-hydrogen) atoms. The van der Waals surface area contributed by atoms with Crippen LogP contribution in [0.4, 0.5) is 5.82 Å². The number of nitrogens with zero attached hydrogens (tertiary/aromatic N) is 3. The summed E-state index contributed by atoms with van der Waals surface area (Å²) < 4.78 is 28.7. The van der Waals surface area contributed by atoms with Crippen molar-refractivity contribution in [2.24, 2.45) is 0 Å². The molecule has 2 fully saturated rings. The summed E-state index contributed by atoms with van der Waals surface area (Å²) in [5, 5.41) is 0.629. The van der Waals surface area contributed by atoms with E-state index in [9.17, 15) is 18.0 Å². The topological polar surface area (TPSA) is 105 Å². The number of Topliss-reactive ketones (excluding diaryl/α,β-unsaturated/α-hetero) is 1. The Bertz CT molecular complexity index is 1930. The highest BCUT2D eigenvalue weighted by molar-refractivity contribution is 7.91. The molecule has 1 aliphatic carbocycles. The Morgan fingerprint density at radius 2 is 1.80 bits per heavy atom. The first kappa shape index (κ1) is 30.1. The number of anilines is 1. The van der Waals surface area contributed by atoms with E-state index in [0.29, 0.717) is 47.7 Å². The molecule has 0 atom stereocenters. The molecule has 1 N–H and O–H groups in total. The second-order valence-electron chi connectivity index (χ2n) is 12.5. The summed E-state index contributed by atoms with van der Waals surface area (Å²) in [6.07, 6.45) is 10.6. The average molecular weight is 613 g/mol. The summed E-state index contributed by atoms with van der Waals surface area (Å²) in [4.78, 5) is 36.5. The van der Waals surface area contributed by atoms with E-state index in [4.69, 9.17) is 4.98 Å². The van der Waals surface area contributed by atoms with Crippen LogP contribution in [0.5, 0.6) is 0 Å². The smallest absolute Gasteiger partial charge is 0.251 e. The predicted molar refractivity (Wildman–Crippen MR) is 176 cm³/mol. The Morgan fingerprint density at radius 3 is 2.43 bits per heavy atom. The summed E-state index contributed by atoms with van der Waals surface area (Å²) >= 11 is 0. The lowest BCUT2D eigenvalue weighted by molar-refractivity contribution is 0.0984. The Morgan fingerprint density at radius 1 is 1.05 bits per heavy atom. The van der Waals surface area contributed by atoms with Crippen LogP contribution in [0.25, 0.3) is 22.0 Å². The molecule has 1 saturated heterocycles. The molecule has 6 rings (SSSR count). The van der Waals surface area contributed by atoms with Crippen molar-refractivity contribution in [1.29, 1.82) is 0 Å². The van der Waals surface area contributed by atoms with Crippen molar-refractivity contribution in [2.75, 3.05) is 18.0 Å². The molecule has 9 heteroatoms. The Hall–Kier alpha value is -3.98. The van der Waals surface area contributed by atoms with Crippen molar-refractivity contribution in [1.82, 2.24) is 13.9 Å². The first-order valence-electron chi connectivity index (χ1n) is 15.5. The molecular weight excluding hydrogens is 572 g/mol. The zero-order chi connectivity index (χ0) is 31.2.